The van der Waals surface area contributed by atoms with Gasteiger partial charge in [0, 0.05) is 63.6 Å². The molecule has 0 aliphatic rings. The van der Waals surface area contributed by atoms with Crippen molar-refractivity contribution < 1.29 is 19.1 Å². The summed E-state index contributed by atoms with van der Waals surface area (Å²) in [5.41, 5.74) is 6.30. The van der Waals surface area contributed by atoms with Crippen LogP contribution in [-0.4, -0.2) is 11.8 Å². The number of carbonyl (C=O) groups excluding carboxylic acids is 2. The van der Waals surface area contributed by atoms with Gasteiger partial charge in [-0.25, -0.2) is 0 Å². The first-order chi connectivity index (χ1) is 31.7. The Morgan fingerprint density at radius 2 is 0.833 bits per heavy atom. The SMILES string of the molecule is CC(C)c1cccc(C(C)C)c1NC(=O)c1cc(Br)c2c3c(Oc4ccccc4)ccc4ccc(Br)c(c5c(Oc6ccccc6)cc(C(=O)Nc6c(C(C)C)cccc6C(C)C)c1c25)c43. The molecule has 0 spiro atoms. The summed E-state index contributed by atoms with van der Waals surface area (Å²) in [4.78, 5) is 31.2. The molecule has 8 heteroatoms. The number of benzene rings is 9. The Kier molecular flexibility index (Phi) is 12.4. The smallest absolute Gasteiger partial charge is 0.256 e. The van der Waals surface area contributed by atoms with E-state index >= 15 is 9.59 Å². The van der Waals surface area contributed by atoms with Crippen LogP contribution in [0.25, 0.3) is 43.1 Å². The van der Waals surface area contributed by atoms with E-state index in [1.807, 2.05) is 84.9 Å². The van der Waals surface area contributed by atoms with Gasteiger partial charge in [0.2, 0.25) is 0 Å². The topological polar surface area (TPSA) is 76.7 Å². The molecule has 0 aliphatic carbocycles. The van der Waals surface area contributed by atoms with Gasteiger partial charge in [-0.15, -0.1) is 0 Å². The van der Waals surface area contributed by atoms with Gasteiger partial charge in [0.15, 0.2) is 0 Å². The third-order valence-electron chi connectivity index (χ3n) is 12.6. The number of hydrogen-bond donors (Lipinski definition) is 2. The Hall–Kier alpha value is -6.22. The summed E-state index contributed by atoms with van der Waals surface area (Å²) in [7, 11) is 0. The Bertz CT molecular complexity index is 3270. The van der Waals surface area contributed by atoms with Crippen LogP contribution in [0.1, 0.15) is 122 Å². The Balaban J connectivity index is 1.45. The third-order valence-corrected chi connectivity index (χ3v) is 13.9. The summed E-state index contributed by atoms with van der Waals surface area (Å²) in [6.45, 7) is 17.1. The van der Waals surface area contributed by atoms with Gasteiger partial charge >= 0.3 is 0 Å². The maximum absolute atomic E-state index is 15.7. The molecule has 0 atom stereocenters. The monoisotopic (exact) mass is 998 g/mol. The highest BCUT2D eigenvalue weighted by molar-refractivity contribution is 9.11. The zero-order valence-corrected chi connectivity index (χ0v) is 41.6. The molecule has 9 rings (SSSR count). The first kappa shape index (κ1) is 45.0. The summed E-state index contributed by atoms with van der Waals surface area (Å²) in [6, 6.07) is 43.6. The maximum atomic E-state index is 15.7. The van der Waals surface area contributed by atoms with Crippen LogP contribution in [0.5, 0.6) is 23.0 Å². The standard InChI is InChI=1S/C58H52Br2N2O4/c1-31(2)38-21-15-22-39(32(3)4)55(38)61-57(63)42-29-45(60)51-52-46(65-36-17-11-9-12-18-36)28-26-35-25-27-44(59)50(48(35)52)53-47(66-37-19-13-10-14-20-37)30-43(49(42)54(51)53)58(64)62-56-40(33(5)6)23-16-24-41(56)34(7)8/h9-34H,1-8H3,(H,61,63)(H,62,64). The van der Waals surface area contributed by atoms with Crippen LogP contribution in [0.15, 0.2) is 142 Å². The van der Waals surface area contributed by atoms with Gasteiger partial charge in [-0.05, 0) is 99.8 Å². The summed E-state index contributed by atoms with van der Waals surface area (Å²) in [5.74, 6) is 2.18. The molecule has 0 unspecified atom stereocenters. The Morgan fingerprint density at radius 1 is 0.409 bits per heavy atom. The van der Waals surface area contributed by atoms with Crippen molar-refractivity contribution in [2.45, 2.75) is 79.1 Å². The van der Waals surface area contributed by atoms with Gasteiger partial charge in [-0.2, -0.15) is 0 Å². The first-order valence-electron chi connectivity index (χ1n) is 22.7. The second kappa shape index (κ2) is 18.2. The van der Waals surface area contributed by atoms with E-state index in [9.17, 15) is 0 Å². The third kappa shape index (κ3) is 8.09. The summed E-state index contributed by atoms with van der Waals surface area (Å²) in [6.07, 6.45) is 0. The van der Waals surface area contributed by atoms with Gasteiger partial charge < -0.3 is 20.1 Å². The average molecular weight is 1000 g/mol. The number of nitrogens with one attached hydrogen (secondary N) is 2. The molecular formula is C58H52Br2N2O4. The molecule has 0 aromatic heterocycles. The van der Waals surface area contributed by atoms with Crippen LogP contribution in [0.2, 0.25) is 0 Å². The fourth-order valence-electron chi connectivity index (χ4n) is 9.44. The molecule has 9 aromatic carbocycles. The molecule has 0 heterocycles. The highest BCUT2D eigenvalue weighted by Crippen LogP contribution is 2.53. The minimum Gasteiger partial charge on any atom is -0.457 e. The Labute approximate surface area is 403 Å². The second-order valence-electron chi connectivity index (χ2n) is 18.3. The van der Waals surface area contributed by atoms with Crippen LogP contribution in [0, 0.1) is 0 Å². The lowest BCUT2D eigenvalue weighted by atomic mass is 9.85. The summed E-state index contributed by atoms with van der Waals surface area (Å²) >= 11 is 8.04. The van der Waals surface area contributed by atoms with E-state index in [-0.39, 0.29) is 35.5 Å². The van der Waals surface area contributed by atoms with Crippen LogP contribution in [-0.2, 0) is 0 Å². The molecule has 2 N–H and O–H groups in total. The fourth-order valence-corrected chi connectivity index (χ4v) is 10.6. The van der Waals surface area contributed by atoms with E-state index in [1.54, 1.807) is 0 Å². The number of fused-ring (bicyclic) bond motifs is 2. The highest BCUT2D eigenvalue weighted by atomic mass is 79.9. The van der Waals surface area contributed by atoms with E-state index in [1.165, 1.54) is 0 Å². The zero-order valence-electron chi connectivity index (χ0n) is 38.4. The second-order valence-corrected chi connectivity index (χ2v) is 20.0. The number of ether oxygens (including phenoxy) is 2. The average Bonchev–Trinajstić information content (AvgIpc) is 3.29. The highest BCUT2D eigenvalue weighted by Gasteiger charge is 2.31. The molecule has 0 saturated carbocycles. The fraction of sp³-hybridized carbons (Fsp3) is 0.207. The summed E-state index contributed by atoms with van der Waals surface area (Å²) < 4.78 is 15.2. The number of rotatable bonds is 12. The summed E-state index contributed by atoms with van der Waals surface area (Å²) in [5, 5.41) is 13.1. The molecule has 0 aliphatic heterocycles. The van der Waals surface area contributed by atoms with Crippen LogP contribution >= 0.6 is 31.9 Å². The predicted octanol–water partition coefficient (Wildman–Crippen LogP) is 17.8. The van der Waals surface area contributed by atoms with Crippen molar-refractivity contribution in [1.29, 1.82) is 0 Å². The van der Waals surface area contributed by atoms with Gasteiger partial charge in [-0.1, -0.05) is 172 Å². The van der Waals surface area contributed by atoms with Crippen molar-refractivity contribution in [2.24, 2.45) is 0 Å². The molecule has 0 radical (unpaired) electrons. The number of hydrogen-bond acceptors (Lipinski definition) is 4. The van der Waals surface area contributed by atoms with E-state index in [4.69, 9.17) is 9.47 Å². The van der Waals surface area contributed by atoms with Crippen LogP contribution < -0.4 is 20.1 Å². The minimum atomic E-state index is -0.362. The van der Waals surface area contributed by atoms with Gasteiger partial charge in [0.1, 0.15) is 23.0 Å². The number of amides is 2. The number of halogens is 2. The lowest BCUT2D eigenvalue weighted by molar-refractivity contribution is 0.102. The lowest BCUT2D eigenvalue weighted by Gasteiger charge is -2.25. The first-order valence-corrected chi connectivity index (χ1v) is 24.2. The molecule has 66 heavy (non-hydrogen) atoms. The maximum Gasteiger partial charge on any atom is 0.256 e. The predicted molar refractivity (Wildman–Crippen MR) is 281 cm³/mol. The molecule has 2 amide bonds. The molecule has 0 bridgehead atoms. The molecule has 332 valence electrons. The number of para-hydroxylation sites is 4. The van der Waals surface area contributed by atoms with Crippen molar-refractivity contribution in [3.63, 3.8) is 0 Å². The quantitative estimate of drug-likeness (QED) is 0.0944. The number of anilines is 2. The van der Waals surface area contributed by atoms with Gasteiger partial charge in [0.05, 0.1) is 5.56 Å². The lowest BCUT2D eigenvalue weighted by Crippen LogP contribution is -2.20. The Morgan fingerprint density at radius 3 is 1.32 bits per heavy atom. The van der Waals surface area contributed by atoms with E-state index in [2.05, 4.69) is 146 Å². The van der Waals surface area contributed by atoms with Crippen molar-refractivity contribution in [2.75, 3.05) is 10.6 Å². The molecular weight excluding hydrogens is 948 g/mol. The van der Waals surface area contributed by atoms with Gasteiger partial charge in [0.25, 0.3) is 11.8 Å². The largest absolute Gasteiger partial charge is 0.457 e. The van der Waals surface area contributed by atoms with E-state index < -0.39 is 0 Å². The molecule has 6 nitrogen and oxygen atoms in total. The number of carbonyl (C=O) groups is 2. The van der Waals surface area contributed by atoms with Crippen molar-refractivity contribution in [3.05, 3.63) is 176 Å². The van der Waals surface area contributed by atoms with Crippen LogP contribution in [0.3, 0.4) is 0 Å². The van der Waals surface area contributed by atoms with E-state index in [0.717, 1.165) is 70.4 Å². The van der Waals surface area contributed by atoms with Crippen LogP contribution in [0.4, 0.5) is 11.4 Å². The normalized spacial score (nSPS) is 11.8. The molecule has 0 fully saturated rings. The van der Waals surface area contributed by atoms with Crippen molar-refractivity contribution in [3.8, 4) is 23.0 Å². The minimum absolute atomic E-state index is 0.123. The van der Waals surface area contributed by atoms with Crippen molar-refractivity contribution >= 4 is 98.1 Å². The van der Waals surface area contributed by atoms with Crippen molar-refractivity contribution in [1.82, 2.24) is 0 Å². The zero-order chi connectivity index (χ0) is 46.6. The van der Waals surface area contributed by atoms with Gasteiger partial charge in [-0.3, -0.25) is 9.59 Å². The molecule has 9 aromatic rings. The molecule has 0 saturated heterocycles. The van der Waals surface area contributed by atoms with E-state index in [0.29, 0.717) is 49.4 Å².